The number of rotatable bonds is 4. The number of amides is 1. The first-order valence-electron chi connectivity index (χ1n) is 7.60. The van der Waals surface area contributed by atoms with Crippen molar-refractivity contribution in [1.82, 2.24) is 15.5 Å². The first kappa shape index (κ1) is 18.8. The Morgan fingerprint density at radius 2 is 1.92 bits per heavy atom. The zero-order valence-corrected chi connectivity index (χ0v) is 13.0. The number of nitrogens with one attached hydrogen (secondary N) is 1. The van der Waals surface area contributed by atoms with Crippen molar-refractivity contribution in [1.29, 1.82) is 0 Å². The molecule has 1 aliphatic carbocycles. The number of ether oxygens (including phenoxy) is 2. The molecule has 3 rings (SSSR count). The summed E-state index contributed by atoms with van der Waals surface area (Å²) >= 11 is 0. The molecule has 26 heavy (non-hydrogen) atoms. The summed E-state index contributed by atoms with van der Waals surface area (Å²) in [5.41, 5.74) is 0. The van der Waals surface area contributed by atoms with Crippen molar-refractivity contribution < 1.29 is 45.7 Å². The van der Waals surface area contributed by atoms with Crippen molar-refractivity contribution in [2.24, 2.45) is 0 Å². The highest BCUT2D eigenvalue weighted by Crippen LogP contribution is 2.42. The van der Waals surface area contributed by atoms with Crippen LogP contribution in [0.5, 0.6) is 0 Å². The molecule has 2 N–H and O–H groups in total. The summed E-state index contributed by atoms with van der Waals surface area (Å²) < 4.78 is 78.5. The topological polar surface area (TPSA) is 107 Å². The minimum Gasteiger partial charge on any atom is -0.465 e. The van der Waals surface area contributed by atoms with E-state index in [1.807, 2.05) is 0 Å². The SMILES string of the molecule is O=C(O)N[C@H]1CO[C@H](c2nnc(C3CC(OC(F)(F)F)C3)o2)CC1(F)F. The summed E-state index contributed by atoms with van der Waals surface area (Å²) in [6, 6.07) is -1.70. The highest BCUT2D eigenvalue weighted by molar-refractivity contribution is 5.65. The highest BCUT2D eigenvalue weighted by Gasteiger charge is 2.49. The molecule has 0 unspecified atom stereocenters. The molecule has 1 aromatic rings. The molecule has 0 bridgehead atoms. The van der Waals surface area contributed by atoms with Gasteiger partial charge in [-0.25, -0.2) is 13.6 Å². The van der Waals surface area contributed by atoms with Crippen molar-refractivity contribution in [3.63, 3.8) is 0 Å². The molecular weight excluding hydrogens is 373 g/mol. The second-order valence-corrected chi connectivity index (χ2v) is 6.12. The van der Waals surface area contributed by atoms with Gasteiger partial charge in [-0.15, -0.1) is 23.4 Å². The number of nitrogens with zero attached hydrogens (tertiary/aromatic N) is 2. The standard InChI is InChI=1S/C13H14F5N3O5/c14-12(15)3-7(24-4-8(12)19-11(22)23)10-21-20-9(25-10)5-1-6(2-5)26-13(16,17)18/h5-8,19H,1-4H2,(H,22,23)/t5?,6?,7-,8-/m0/s1. The zero-order valence-electron chi connectivity index (χ0n) is 13.0. The lowest BCUT2D eigenvalue weighted by Crippen LogP contribution is -2.53. The van der Waals surface area contributed by atoms with Crippen molar-refractivity contribution >= 4 is 6.09 Å². The second kappa shape index (κ2) is 6.61. The van der Waals surface area contributed by atoms with Gasteiger partial charge in [-0.3, -0.25) is 4.74 Å². The van der Waals surface area contributed by atoms with Gasteiger partial charge in [-0.05, 0) is 12.8 Å². The van der Waals surface area contributed by atoms with E-state index < -0.39 is 55.6 Å². The van der Waals surface area contributed by atoms with Crippen LogP contribution in [0, 0.1) is 0 Å². The molecule has 1 saturated heterocycles. The number of aromatic nitrogens is 2. The molecule has 146 valence electrons. The van der Waals surface area contributed by atoms with E-state index in [0.29, 0.717) is 0 Å². The molecule has 0 spiro atoms. The molecule has 1 aliphatic heterocycles. The Morgan fingerprint density at radius 1 is 1.27 bits per heavy atom. The van der Waals surface area contributed by atoms with Crippen LogP contribution in [0.1, 0.15) is 43.1 Å². The fourth-order valence-corrected chi connectivity index (χ4v) is 2.83. The molecule has 2 fully saturated rings. The van der Waals surface area contributed by atoms with E-state index in [0.717, 1.165) is 0 Å². The minimum absolute atomic E-state index is 0.0213. The lowest BCUT2D eigenvalue weighted by atomic mass is 9.82. The van der Waals surface area contributed by atoms with Crippen LogP contribution in [0.3, 0.4) is 0 Å². The van der Waals surface area contributed by atoms with Gasteiger partial charge in [0.2, 0.25) is 11.8 Å². The summed E-state index contributed by atoms with van der Waals surface area (Å²) in [7, 11) is 0. The van der Waals surface area contributed by atoms with E-state index >= 15 is 0 Å². The number of carbonyl (C=O) groups is 1. The first-order valence-corrected chi connectivity index (χ1v) is 7.60. The summed E-state index contributed by atoms with van der Waals surface area (Å²) in [5, 5.41) is 17.5. The van der Waals surface area contributed by atoms with Gasteiger partial charge >= 0.3 is 12.5 Å². The number of hydrogen-bond donors (Lipinski definition) is 2. The minimum atomic E-state index is -4.72. The molecule has 0 radical (unpaired) electrons. The highest BCUT2D eigenvalue weighted by atomic mass is 19.4. The van der Waals surface area contributed by atoms with E-state index in [4.69, 9.17) is 14.3 Å². The lowest BCUT2D eigenvalue weighted by molar-refractivity contribution is -0.352. The van der Waals surface area contributed by atoms with Crippen LogP contribution in [-0.4, -0.2) is 52.4 Å². The second-order valence-electron chi connectivity index (χ2n) is 6.12. The van der Waals surface area contributed by atoms with Crippen LogP contribution < -0.4 is 5.32 Å². The molecule has 1 aromatic heterocycles. The van der Waals surface area contributed by atoms with Gasteiger partial charge in [0, 0.05) is 12.3 Å². The summed E-state index contributed by atoms with van der Waals surface area (Å²) in [6.45, 7) is -0.591. The fraction of sp³-hybridized carbons (Fsp3) is 0.769. The molecule has 8 nitrogen and oxygen atoms in total. The van der Waals surface area contributed by atoms with E-state index in [1.54, 1.807) is 5.32 Å². The molecular formula is C13H14F5N3O5. The van der Waals surface area contributed by atoms with Crippen LogP contribution >= 0.6 is 0 Å². The average Bonchev–Trinajstić information content (AvgIpc) is 2.92. The average molecular weight is 387 g/mol. The normalized spacial score (nSPS) is 31.3. The molecule has 0 aromatic carbocycles. The van der Waals surface area contributed by atoms with Crippen molar-refractivity contribution in [3.8, 4) is 0 Å². The van der Waals surface area contributed by atoms with Gasteiger partial charge in [0.05, 0.1) is 12.7 Å². The molecule has 2 heterocycles. The van der Waals surface area contributed by atoms with E-state index in [9.17, 15) is 26.7 Å². The number of hydrogen-bond acceptors (Lipinski definition) is 6. The molecule has 1 saturated carbocycles. The number of alkyl halides is 5. The van der Waals surface area contributed by atoms with Crippen LogP contribution in [-0.2, 0) is 9.47 Å². The molecule has 13 heteroatoms. The van der Waals surface area contributed by atoms with Crippen LogP contribution in [0.2, 0.25) is 0 Å². The molecule has 1 amide bonds. The van der Waals surface area contributed by atoms with Crippen LogP contribution in [0.25, 0.3) is 0 Å². The Hall–Kier alpha value is -2.02. The third-order valence-electron chi connectivity index (χ3n) is 4.21. The maximum atomic E-state index is 14.0. The maximum absolute atomic E-state index is 14.0. The van der Waals surface area contributed by atoms with Gasteiger partial charge in [-0.2, -0.15) is 0 Å². The third kappa shape index (κ3) is 4.20. The fourth-order valence-electron chi connectivity index (χ4n) is 2.83. The predicted molar refractivity (Wildman–Crippen MR) is 70.4 cm³/mol. The molecule has 2 atom stereocenters. The zero-order chi connectivity index (χ0) is 19.1. The summed E-state index contributed by atoms with van der Waals surface area (Å²) in [5.74, 6) is -4.04. The van der Waals surface area contributed by atoms with Crippen molar-refractivity contribution in [2.45, 2.75) is 55.7 Å². The Balaban J connectivity index is 1.57. The van der Waals surface area contributed by atoms with Gasteiger partial charge in [-0.1, -0.05) is 0 Å². The Kier molecular flexibility index (Phi) is 4.77. The maximum Gasteiger partial charge on any atom is 0.522 e. The number of halogens is 5. The van der Waals surface area contributed by atoms with Gasteiger partial charge in [0.25, 0.3) is 5.92 Å². The van der Waals surface area contributed by atoms with Crippen LogP contribution in [0.4, 0.5) is 26.7 Å². The van der Waals surface area contributed by atoms with Gasteiger partial charge in [0.15, 0.2) is 0 Å². The van der Waals surface area contributed by atoms with E-state index in [1.165, 1.54) is 0 Å². The van der Waals surface area contributed by atoms with E-state index in [-0.39, 0.29) is 24.6 Å². The van der Waals surface area contributed by atoms with Gasteiger partial charge in [0.1, 0.15) is 12.1 Å². The smallest absolute Gasteiger partial charge is 0.465 e. The van der Waals surface area contributed by atoms with E-state index in [2.05, 4.69) is 14.9 Å². The predicted octanol–water partition coefficient (Wildman–Crippen LogP) is 2.58. The van der Waals surface area contributed by atoms with Crippen LogP contribution in [0.15, 0.2) is 4.42 Å². The monoisotopic (exact) mass is 387 g/mol. The summed E-state index contributed by atoms with van der Waals surface area (Å²) in [4.78, 5) is 10.5. The Morgan fingerprint density at radius 3 is 2.50 bits per heavy atom. The third-order valence-corrected chi connectivity index (χ3v) is 4.21. The number of carboxylic acid groups (broad SMARTS) is 1. The largest absolute Gasteiger partial charge is 0.522 e. The Bertz CT molecular complexity index is 661. The summed E-state index contributed by atoms with van der Waals surface area (Å²) in [6.07, 6.45) is -9.39. The lowest BCUT2D eigenvalue weighted by Gasteiger charge is -2.34. The van der Waals surface area contributed by atoms with Gasteiger partial charge < -0.3 is 19.6 Å². The molecule has 2 aliphatic rings. The van der Waals surface area contributed by atoms with Crippen molar-refractivity contribution in [3.05, 3.63) is 11.8 Å². The van der Waals surface area contributed by atoms with Crippen molar-refractivity contribution in [2.75, 3.05) is 6.61 Å². The quantitative estimate of drug-likeness (QED) is 0.765. The first-order chi connectivity index (χ1) is 12.0. The Labute approximate surface area is 142 Å².